The third-order valence-electron chi connectivity index (χ3n) is 4.30. The van der Waals surface area contributed by atoms with Crippen LogP contribution < -0.4 is 24.3 Å². The first-order chi connectivity index (χ1) is 13.2. The van der Waals surface area contributed by atoms with Gasteiger partial charge in [0.2, 0.25) is 0 Å². The largest absolute Gasteiger partial charge is 0.493 e. The second kappa shape index (κ2) is 9.72. The lowest BCUT2D eigenvalue weighted by atomic mass is 10.1. The highest BCUT2D eigenvalue weighted by atomic mass is 35.5. The highest BCUT2D eigenvalue weighted by Crippen LogP contribution is 2.38. The zero-order valence-electron chi connectivity index (χ0n) is 15.8. The smallest absolute Gasteiger partial charge is 0.179 e. The number of hydrogen-bond acceptors (Lipinski definition) is 5. The minimum atomic E-state index is 0.532. The van der Waals surface area contributed by atoms with Crippen molar-refractivity contribution in [1.29, 1.82) is 0 Å². The Morgan fingerprint density at radius 2 is 1.85 bits per heavy atom. The number of halogens is 1. The molecule has 0 amide bonds. The van der Waals surface area contributed by atoms with Gasteiger partial charge in [-0.05, 0) is 41.8 Å². The molecule has 0 bridgehead atoms. The van der Waals surface area contributed by atoms with E-state index in [2.05, 4.69) is 12.2 Å². The average molecular weight is 392 g/mol. The Morgan fingerprint density at radius 3 is 2.67 bits per heavy atom. The lowest BCUT2D eigenvalue weighted by molar-refractivity contribution is 0.171. The number of ether oxygens (including phenoxy) is 4. The van der Waals surface area contributed by atoms with Crippen molar-refractivity contribution in [1.82, 2.24) is 5.32 Å². The molecule has 0 unspecified atom stereocenters. The normalized spacial score (nSPS) is 12.7. The van der Waals surface area contributed by atoms with Gasteiger partial charge in [0.25, 0.3) is 0 Å². The number of methoxy groups -OCH3 is 1. The van der Waals surface area contributed by atoms with Crippen LogP contribution in [0.4, 0.5) is 0 Å². The van der Waals surface area contributed by atoms with Crippen LogP contribution in [0.3, 0.4) is 0 Å². The van der Waals surface area contributed by atoms with Crippen molar-refractivity contribution >= 4 is 11.6 Å². The van der Waals surface area contributed by atoms with Gasteiger partial charge in [0, 0.05) is 13.1 Å². The van der Waals surface area contributed by atoms with E-state index in [1.54, 1.807) is 7.11 Å². The predicted octanol–water partition coefficient (Wildman–Crippen LogP) is 4.59. The summed E-state index contributed by atoms with van der Waals surface area (Å²) in [5.74, 6) is 2.89. The zero-order valence-corrected chi connectivity index (χ0v) is 16.6. The van der Waals surface area contributed by atoms with Gasteiger partial charge in [-0.1, -0.05) is 31.0 Å². The zero-order chi connectivity index (χ0) is 19.1. The molecule has 27 heavy (non-hydrogen) atoms. The summed E-state index contributed by atoms with van der Waals surface area (Å²) in [5.41, 5.74) is 2.18. The van der Waals surface area contributed by atoms with Crippen molar-refractivity contribution in [2.75, 3.05) is 26.9 Å². The van der Waals surface area contributed by atoms with Gasteiger partial charge in [0.05, 0.1) is 18.7 Å². The molecule has 0 radical (unpaired) electrons. The van der Waals surface area contributed by atoms with Crippen molar-refractivity contribution in [2.24, 2.45) is 0 Å². The van der Waals surface area contributed by atoms with Crippen LogP contribution in [-0.4, -0.2) is 26.9 Å². The van der Waals surface area contributed by atoms with Crippen LogP contribution in [0, 0.1) is 0 Å². The molecule has 146 valence electrons. The molecule has 0 saturated heterocycles. The van der Waals surface area contributed by atoms with Gasteiger partial charge < -0.3 is 24.3 Å². The average Bonchev–Trinajstić information content (AvgIpc) is 2.68. The van der Waals surface area contributed by atoms with E-state index in [0.29, 0.717) is 49.4 Å². The van der Waals surface area contributed by atoms with E-state index >= 15 is 0 Å². The molecule has 1 aliphatic heterocycles. The molecule has 0 fully saturated rings. The van der Waals surface area contributed by atoms with Crippen molar-refractivity contribution < 1.29 is 18.9 Å². The van der Waals surface area contributed by atoms with Crippen molar-refractivity contribution in [3.8, 4) is 23.0 Å². The molecule has 2 aromatic carbocycles. The molecule has 0 aromatic heterocycles. The summed E-state index contributed by atoms with van der Waals surface area (Å²) in [4.78, 5) is 0. The third kappa shape index (κ3) is 5.21. The SMILES string of the molecule is CCCCOc1cc(CNCc2cc(Cl)c3c(c2)OCCO3)ccc1OC. The molecule has 0 aliphatic carbocycles. The fraction of sp³-hybridized carbons (Fsp3) is 0.429. The molecule has 0 saturated carbocycles. The predicted molar refractivity (Wildman–Crippen MR) is 106 cm³/mol. The summed E-state index contributed by atoms with van der Waals surface area (Å²) >= 11 is 6.29. The number of nitrogens with one attached hydrogen (secondary N) is 1. The fourth-order valence-electron chi connectivity index (χ4n) is 2.89. The van der Waals surface area contributed by atoms with Crippen molar-refractivity contribution in [3.63, 3.8) is 0 Å². The number of hydrogen-bond donors (Lipinski definition) is 1. The van der Waals surface area contributed by atoms with Gasteiger partial charge in [0.15, 0.2) is 23.0 Å². The topological polar surface area (TPSA) is 49.0 Å². The van der Waals surface area contributed by atoms with Crippen molar-refractivity contribution in [3.05, 3.63) is 46.5 Å². The Kier molecular flexibility index (Phi) is 7.07. The Morgan fingerprint density at radius 1 is 1.04 bits per heavy atom. The van der Waals surface area contributed by atoms with Gasteiger partial charge >= 0.3 is 0 Å². The van der Waals surface area contributed by atoms with E-state index in [9.17, 15) is 0 Å². The van der Waals surface area contributed by atoms with Crippen LogP contribution in [0.2, 0.25) is 5.02 Å². The van der Waals surface area contributed by atoms with Crippen LogP contribution >= 0.6 is 11.6 Å². The maximum Gasteiger partial charge on any atom is 0.179 e. The maximum atomic E-state index is 6.29. The fourth-order valence-corrected chi connectivity index (χ4v) is 3.18. The maximum absolute atomic E-state index is 6.29. The molecular formula is C21H26ClNO4. The molecule has 0 atom stereocenters. The van der Waals surface area contributed by atoms with Crippen LogP contribution in [0.1, 0.15) is 30.9 Å². The Labute approximate surface area is 165 Å². The molecule has 1 aliphatic rings. The number of benzene rings is 2. The minimum Gasteiger partial charge on any atom is -0.493 e. The second-order valence-corrected chi connectivity index (χ2v) is 6.80. The van der Waals surface area contributed by atoms with Gasteiger partial charge in [-0.2, -0.15) is 0 Å². The Bertz CT molecular complexity index is 766. The number of rotatable bonds is 9. The molecule has 1 N–H and O–H groups in total. The molecular weight excluding hydrogens is 366 g/mol. The molecule has 2 aromatic rings. The summed E-state index contributed by atoms with van der Waals surface area (Å²) in [5, 5.41) is 4.02. The first-order valence-corrected chi connectivity index (χ1v) is 9.67. The van der Waals surface area contributed by atoms with E-state index in [1.165, 1.54) is 0 Å². The van der Waals surface area contributed by atoms with Gasteiger partial charge in [-0.25, -0.2) is 0 Å². The van der Waals surface area contributed by atoms with E-state index < -0.39 is 0 Å². The molecule has 0 spiro atoms. The second-order valence-electron chi connectivity index (χ2n) is 6.39. The van der Waals surface area contributed by atoms with E-state index in [-0.39, 0.29) is 0 Å². The molecule has 5 nitrogen and oxygen atoms in total. The lowest BCUT2D eigenvalue weighted by Crippen LogP contribution is -2.17. The Balaban J connectivity index is 1.60. The van der Waals surface area contributed by atoms with Crippen LogP contribution in [0.25, 0.3) is 0 Å². The number of unbranched alkanes of at least 4 members (excludes halogenated alkanes) is 1. The first kappa shape index (κ1) is 19.6. The van der Waals surface area contributed by atoms with Crippen LogP contribution in [0.15, 0.2) is 30.3 Å². The van der Waals surface area contributed by atoms with E-state index in [1.807, 2.05) is 30.3 Å². The van der Waals surface area contributed by atoms with E-state index in [4.69, 9.17) is 30.5 Å². The quantitative estimate of drug-likeness (QED) is 0.633. The molecule has 3 rings (SSSR count). The van der Waals surface area contributed by atoms with Gasteiger partial charge in [-0.3, -0.25) is 0 Å². The standard InChI is InChI=1S/C21H26ClNO4/c1-3-4-7-25-19-11-15(5-6-18(19)24-2)13-23-14-16-10-17(22)21-20(12-16)26-8-9-27-21/h5-6,10-12,23H,3-4,7-9,13-14H2,1-2H3. The third-order valence-corrected chi connectivity index (χ3v) is 4.58. The minimum absolute atomic E-state index is 0.532. The Hall–Kier alpha value is -2.11. The summed E-state index contributed by atoms with van der Waals surface area (Å²) in [6.07, 6.45) is 2.12. The summed E-state index contributed by atoms with van der Waals surface area (Å²) in [7, 11) is 1.66. The first-order valence-electron chi connectivity index (χ1n) is 9.29. The van der Waals surface area contributed by atoms with Crippen LogP contribution in [0.5, 0.6) is 23.0 Å². The van der Waals surface area contributed by atoms with Crippen molar-refractivity contribution in [2.45, 2.75) is 32.9 Å². The lowest BCUT2D eigenvalue weighted by Gasteiger charge is -2.20. The molecule has 6 heteroatoms. The van der Waals surface area contributed by atoms with E-state index in [0.717, 1.165) is 35.5 Å². The van der Waals surface area contributed by atoms with Crippen LogP contribution in [-0.2, 0) is 13.1 Å². The van der Waals surface area contributed by atoms with Gasteiger partial charge in [-0.15, -0.1) is 0 Å². The summed E-state index contributed by atoms with van der Waals surface area (Å²) in [6, 6.07) is 9.89. The molecule has 1 heterocycles. The summed E-state index contributed by atoms with van der Waals surface area (Å²) in [6.45, 7) is 5.30. The monoisotopic (exact) mass is 391 g/mol. The van der Waals surface area contributed by atoms with Gasteiger partial charge in [0.1, 0.15) is 13.2 Å². The highest BCUT2D eigenvalue weighted by Gasteiger charge is 2.16. The number of fused-ring (bicyclic) bond motifs is 1. The summed E-state index contributed by atoms with van der Waals surface area (Å²) < 4.78 is 22.4. The highest BCUT2D eigenvalue weighted by molar-refractivity contribution is 6.32.